The van der Waals surface area contributed by atoms with Gasteiger partial charge in [0.2, 0.25) is 11.4 Å². The van der Waals surface area contributed by atoms with Crippen LogP contribution in [0.3, 0.4) is 0 Å². The molecule has 3 aromatic carbocycles. The van der Waals surface area contributed by atoms with Crippen molar-refractivity contribution in [3.05, 3.63) is 130 Å². The van der Waals surface area contributed by atoms with Crippen LogP contribution in [-0.2, 0) is 21.8 Å². The van der Waals surface area contributed by atoms with Gasteiger partial charge in [-0.15, -0.1) is 0 Å². The largest absolute Gasteiger partial charge is 0.217 e. The average molecular weight is 659 g/mol. The van der Waals surface area contributed by atoms with Crippen LogP contribution >= 0.6 is 0 Å². The van der Waals surface area contributed by atoms with E-state index in [4.69, 9.17) is 0 Å². The Morgan fingerprint density at radius 1 is 0.680 bits per heavy atom. The molecule has 2 aliphatic heterocycles. The molecule has 0 N–H and O–H groups in total. The zero-order chi connectivity index (χ0) is 35.1. The second-order valence-corrected chi connectivity index (χ2v) is 17.6. The van der Waals surface area contributed by atoms with Gasteiger partial charge in [-0.2, -0.15) is 9.13 Å². The third-order valence-electron chi connectivity index (χ3n) is 14.6. The lowest BCUT2D eigenvalue weighted by Crippen LogP contribution is -2.70. The minimum absolute atomic E-state index is 0.0368. The quantitative estimate of drug-likeness (QED) is 0.154. The summed E-state index contributed by atoms with van der Waals surface area (Å²) in [6, 6.07) is 30.9. The molecule has 0 saturated carbocycles. The number of benzene rings is 3. The highest BCUT2D eigenvalue weighted by molar-refractivity contribution is 5.89. The first-order chi connectivity index (χ1) is 23.8. The summed E-state index contributed by atoms with van der Waals surface area (Å²) >= 11 is 0. The third kappa shape index (κ3) is 3.61. The van der Waals surface area contributed by atoms with Crippen molar-refractivity contribution in [1.82, 2.24) is 0 Å². The van der Waals surface area contributed by atoms with Crippen LogP contribution in [0.2, 0.25) is 0 Å². The smallest absolute Gasteiger partial charge is 0.192 e. The van der Waals surface area contributed by atoms with Crippen molar-refractivity contribution >= 4 is 0 Å². The van der Waals surface area contributed by atoms with E-state index in [9.17, 15) is 0 Å². The van der Waals surface area contributed by atoms with Gasteiger partial charge in [0.05, 0.1) is 16.5 Å². The third-order valence-corrected chi connectivity index (χ3v) is 14.6. The number of hydrogen-bond donors (Lipinski definition) is 0. The molecule has 2 aromatic heterocycles. The molecule has 2 aliphatic carbocycles. The molecule has 0 saturated heterocycles. The summed E-state index contributed by atoms with van der Waals surface area (Å²) in [7, 11) is 0. The Morgan fingerprint density at radius 3 is 2.12 bits per heavy atom. The molecule has 4 aliphatic rings. The fraction of sp³-hybridized carbons (Fsp3) is 0.417. The van der Waals surface area contributed by atoms with Crippen LogP contribution in [0.25, 0.3) is 33.6 Å². The van der Waals surface area contributed by atoms with Crippen molar-refractivity contribution in [1.29, 1.82) is 0 Å². The molecule has 0 amide bonds. The molecule has 50 heavy (non-hydrogen) atoms. The maximum atomic E-state index is 2.82. The highest BCUT2D eigenvalue weighted by Gasteiger charge is 2.65. The Labute approximate surface area is 300 Å². The molecule has 0 fully saturated rings. The van der Waals surface area contributed by atoms with E-state index in [0.717, 1.165) is 19.3 Å². The zero-order valence-corrected chi connectivity index (χ0v) is 31.9. The lowest BCUT2D eigenvalue weighted by atomic mass is 9.53. The van der Waals surface area contributed by atoms with Crippen LogP contribution in [-0.4, -0.2) is 0 Å². The summed E-state index contributed by atoms with van der Waals surface area (Å²) in [6.07, 6.45) is 8.22. The van der Waals surface area contributed by atoms with E-state index in [1.807, 2.05) is 0 Å². The predicted octanol–water partition coefficient (Wildman–Crippen LogP) is 11.1. The number of hydrogen-bond acceptors (Lipinski definition) is 0. The Bertz CT molecular complexity index is 2180. The second-order valence-electron chi connectivity index (χ2n) is 17.6. The van der Waals surface area contributed by atoms with Gasteiger partial charge in [0, 0.05) is 58.9 Å². The van der Waals surface area contributed by atoms with Crippen molar-refractivity contribution in [2.24, 2.45) is 5.92 Å². The average Bonchev–Trinajstić information content (AvgIpc) is 3.66. The number of rotatable bonds is 7. The minimum atomic E-state index is -0.115. The molecule has 0 spiro atoms. The fourth-order valence-electron chi connectivity index (χ4n) is 11.9. The number of nitrogens with zero attached hydrogens (tertiary/aromatic N) is 2. The van der Waals surface area contributed by atoms with Gasteiger partial charge in [-0.1, -0.05) is 123 Å². The molecule has 0 bridgehead atoms. The summed E-state index contributed by atoms with van der Waals surface area (Å²) in [5.41, 5.74) is 19.0. The molecule has 254 valence electrons. The Balaban J connectivity index is 1.30. The number of aromatic nitrogens is 2. The van der Waals surface area contributed by atoms with Gasteiger partial charge >= 0.3 is 0 Å². The van der Waals surface area contributed by atoms with Crippen molar-refractivity contribution < 1.29 is 9.13 Å². The zero-order valence-electron chi connectivity index (χ0n) is 31.9. The normalized spacial score (nSPS) is 24.4. The maximum absolute atomic E-state index is 2.82. The molecule has 0 radical (unpaired) electrons. The first-order valence-corrected chi connectivity index (χ1v) is 19.4. The monoisotopic (exact) mass is 658 g/mol. The van der Waals surface area contributed by atoms with E-state index in [1.165, 1.54) is 67.0 Å². The molecular weight excluding hydrogens is 605 g/mol. The standard InChI is InChI=1S/C48H54N2/c1-11-47(10)48(12-2,30(5)26-39-34-20-16-21-35-40(34)43-37(45(35,6)7)22-17-25-49(39)43)36-24-23-33(31-18-14-13-15-19-31)42-41(36)44-38(46(42,8)9)27-32(29(3)4)28-50(44)47/h13-25,27-30,39H,11-12,26H2,1-10H3/q+2. The molecule has 4 unspecified atom stereocenters. The maximum Gasteiger partial charge on any atom is 0.217 e. The minimum Gasteiger partial charge on any atom is -0.192 e. The van der Waals surface area contributed by atoms with Crippen molar-refractivity contribution in [3.8, 4) is 33.6 Å². The Morgan fingerprint density at radius 2 is 1.42 bits per heavy atom. The molecule has 4 heterocycles. The van der Waals surface area contributed by atoms with E-state index < -0.39 is 0 Å². The van der Waals surface area contributed by atoms with Gasteiger partial charge in [0.1, 0.15) is 0 Å². The molecular formula is C48H54N2+2. The Hall–Kier alpha value is -4.04. The molecule has 4 atom stereocenters. The Kier molecular flexibility index (Phi) is 6.56. The number of pyridine rings is 2. The second kappa shape index (κ2) is 10.3. The van der Waals surface area contributed by atoms with E-state index in [0.29, 0.717) is 17.9 Å². The first-order valence-electron chi connectivity index (χ1n) is 19.4. The molecule has 9 rings (SSSR count). The van der Waals surface area contributed by atoms with E-state index in [2.05, 4.69) is 170 Å². The lowest BCUT2D eigenvalue weighted by Gasteiger charge is -2.52. The van der Waals surface area contributed by atoms with Crippen LogP contribution in [0.1, 0.15) is 139 Å². The van der Waals surface area contributed by atoms with Crippen molar-refractivity contribution in [2.45, 2.75) is 122 Å². The van der Waals surface area contributed by atoms with Crippen LogP contribution < -0.4 is 9.13 Å². The van der Waals surface area contributed by atoms with Gasteiger partial charge < -0.3 is 0 Å². The molecule has 2 nitrogen and oxygen atoms in total. The van der Waals surface area contributed by atoms with E-state index >= 15 is 0 Å². The van der Waals surface area contributed by atoms with Crippen LogP contribution in [0.4, 0.5) is 0 Å². The van der Waals surface area contributed by atoms with Gasteiger partial charge in [-0.25, -0.2) is 0 Å². The summed E-state index contributed by atoms with van der Waals surface area (Å²) in [5, 5.41) is 0. The fourth-order valence-corrected chi connectivity index (χ4v) is 11.9. The van der Waals surface area contributed by atoms with Crippen LogP contribution in [0, 0.1) is 5.92 Å². The summed E-state index contributed by atoms with van der Waals surface area (Å²) < 4.78 is 5.48. The van der Waals surface area contributed by atoms with Crippen LogP contribution in [0.15, 0.2) is 91.3 Å². The molecule has 2 heteroatoms. The van der Waals surface area contributed by atoms with E-state index in [-0.39, 0.29) is 21.8 Å². The van der Waals surface area contributed by atoms with E-state index in [1.54, 1.807) is 5.56 Å². The topological polar surface area (TPSA) is 7.76 Å². The summed E-state index contributed by atoms with van der Waals surface area (Å²) in [6.45, 7) is 24.7. The highest BCUT2D eigenvalue weighted by atomic mass is 15.1. The van der Waals surface area contributed by atoms with Crippen molar-refractivity contribution in [2.75, 3.05) is 0 Å². The predicted molar refractivity (Wildman–Crippen MR) is 206 cm³/mol. The summed E-state index contributed by atoms with van der Waals surface area (Å²) in [5.74, 6) is 0.866. The van der Waals surface area contributed by atoms with Gasteiger partial charge in [-0.05, 0) is 58.2 Å². The van der Waals surface area contributed by atoms with Gasteiger partial charge in [0.15, 0.2) is 24.0 Å². The SMILES string of the molecule is CCC1(C(C)CC2c3cccc4c3-c3c(ccc[n+]32)C4(C)C)c2ccc(-c3ccccc3)c3c2-c2c(cc(C(C)C)c[n+]2C1(C)CC)C3(C)C. The summed E-state index contributed by atoms with van der Waals surface area (Å²) in [4.78, 5) is 0. The van der Waals surface area contributed by atoms with Gasteiger partial charge in [0.25, 0.3) is 0 Å². The highest BCUT2D eigenvalue weighted by Crippen LogP contribution is 2.63. The lowest BCUT2D eigenvalue weighted by molar-refractivity contribution is -0.768. The van der Waals surface area contributed by atoms with Gasteiger partial charge in [-0.3, -0.25) is 0 Å². The van der Waals surface area contributed by atoms with Crippen molar-refractivity contribution in [3.63, 3.8) is 0 Å². The van der Waals surface area contributed by atoms with Crippen LogP contribution in [0.5, 0.6) is 0 Å². The molecule has 5 aromatic rings. The first kappa shape index (κ1) is 31.9.